The molecule has 2 aliphatic heterocycles. The molecule has 0 radical (unpaired) electrons. The number of fused-ring (bicyclic) bond motifs is 3. The molecule has 2 aromatic rings. The van der Waals surface area contributed by atoms with Crippen molar-refractivity contribution in [3.05, 3.63) is 53.6 Å². The van der Waals surface area contributed by atoms with Gasteiger partial charge in [0.15, 0.2) is 0 Å². The molecule has 1 saturated heterocycles. The first-order valence-corrected chi connectivity index (χ1v) is 8.00. The summed E-state index contributed by atoms with van der Waals surface area (Å²) in [4.78, 5) is 0. The third-order valence-corrected chi connectivity index (χ3v) is 4.90. The zero-order valence-electron chi connectivity index (χ0n) is 12.5. The molecule has 2 aromatic carbocycles. The fourth-order valence-corrected chi connectivity index (χ4v) is 3.92. The summed E-state index contributed by atoms with van der Waals surface area (Å²) in [6.07, 6.45) is 2.44. The van der Waals surface area contributed by atoms with Crippen molar-refractivity contribution in [1.82, 2.24) is 5.32 Å². The quantitative estimate of drug-likeness (QED) is 0.826. The molecule has 0 aromatic heterocycles. The molecule has 2 nitrogen and oxygen atoms in total. The lowest BCUT2D eigenvalue weighted by Crippen LogP contribution is -2.21. The zero-order valence-corrected chi connectivity index (χ0v) is 12.5. The molecule has 2 heterocycles. The van der Waals surface area contributed by atoms with Gasteiger partial charge in [-0.3, -0.25) is 0 Å². The number of hydrogen-bond acceptors (Lipinski definition) is 2. The Labute approximate surface area is 126 Å². The molecule has 4 rings (SSSR count). The summed E-state index contributed by atoms with van der Waals surface area (Å²) in [5, 5.41) is 7.30. The van der Waals surface area contributed by atoms with E-state index in [1.807, 2.05) is 0 Å². The molecule has 0 saturated carbocycles. The lowest BCUT2D eigenvalue weighted by Gasteiger charge is -2.18. The van der Waals surface area contributed by atoms with Crippen LogP contribution in [0.3, 0.4) is 0 Å². The average molecular weight is 278 g/mol. The van der Waals surface area contributed by atoms with Crippen molar-refractivity contribution in [2.75, 3.05) is 18.4 Å². The van der Waals surface area contributed by atoms with Gasteiger partial charge < -0.3 is 10.6 Å². The van der Waals surface area contributed by atoms with Crippen LogP contribution in [0.5, 0.6) is 0 Å². The topological polar surface area (TPSA) is 24.1 Å². The second-order valence-corrected chi connectivity index (χ2v) is 6.32. The van der Waals surface area contributed by atoms with Gasteiger partial charge in [-0.05, 0) is 55.6 Å². The van der Waals surface area contributed by atoms with E-state index in [1.54, 1.807) is 0 Å². The minimum Gasteiger partial charge on any atom is -0.381 e. The van der Waals surface area contributed by atoms with Crippen LogP contribution in [0.25, 0.3) is 11.1 Å². The molecule has 0 amide bonds. The molecule has 108 valence electrons. The summed E-state index contributed by atoms with van der Waals surface area (Å²) in [6.45, 7) is 4.43. The smallest absolute Gasteiger partial charge is 0.0384 e. The first-order chi connectivity index (χ1) is 10.3. The Balaban J connectivity index is 1.83. The van der Waals surface area contributed by atoms with Crippen LogP contribution < -0.4 is 10.6 Å². The zero-order chi connectivity index (χ0) is 14.2. The maximum Gasteiger partial charge on any atom is 0.0384 e. The van der Waals surface area contributed by atoms with Crippen molar-refractivity contribution in [2.24, 2.45) is 0 Å². The van der Waals surface area contributed by atoms with Crippen LogP contribution in [-0.4, -0.2) is 19.1 Å². The summed E-state index contributed by atoms with van der Waals surface area (Å²) in [6, 6.07) is 16.2. The fourth-order valence-electron chi connectivity index (χ4n) is 3.92. The van der Waals surface area contributed by atoms with Crippen LogP contribution in [0.1, 0.15) is 29.9 Å². The van der Waals surface area contributed by atoms with Gasteiger partial charge in [0, 0.05) is 17.6 Å². The molecule has 0 aliphatic carbocycles. The number of anilines is 1. The van der Waals surface area contributed by atoms with Gasteiger partial charge >= 0.3 is 0 Å². The van der Waals surface area contributed by atoms with Crippen molar-refractivity contribution in [2.45, 2.75) is 31.7 Å². The second kappa shape index (κ2) is 5.19. The Hall–Kier alpha value is -1.80. The summed E-state index contributed by atoms with van der Waals surface area (Å²) in [5.74, 6) is 0.645. The minimum absolute atomic E-state index is 0.598. The number of aryl methyl sites for hydroxylation is 1. The van der Waals surface area contributed by atoms with Gasteiger partial charge in [-0.25, -0.2) is 0 Å². The number of nitrogens with one attached hydrogen (secondary N) is 2. The van der Waals surface area contributed by atoms with E-state index in [0.29, 0.717) is 12.0 Å². The van der Waals surface area contributed by atoms with Crippen LogP contribution in [0.4, 0.5) is 5.69 Å². The second-order valence-electron chi connectivity index (χ2n) is 6.32. The predicted molar refractivity (Wildman–Crippen MR) is 88.9 cm³/mol. The van der Waals surface area contributed by atoms with Crippen molar-refractivity contribution in [3.8, 4) is 11.1 Å². The van der Waals surface area contributed by atoms with E-state index in [1.165, 1.54) is 40.8 Å². The molecule has 21 heavy (non-hydrogen) atoms. The number of hydrogen-bond donors (Lipinski definition) is 2. The highest BCUT2D eigenvalue weighted by atomic mass is 15.0. The van der Waals surface area contributed by atoms with Crippen molar-refractivity contribution >= 4 is 5.69 Å². The Morgan fingerprint density at radius 2 is 1.86 bits per heavy atom. The molecule has 2 atom stereocenters. The van der Waals surface area contributed by atoms with Crippen LogP contribution >= 0.6 is 0 Å². The molecule has 0 bridgehead atoms. The summed E-state index contributed by atoms with van der Waals surface area (Å²) in [5.41, 5.74) is 6.99. The highest BCUT2D eigenvalue weighted by molar-refractivity contribution is 5.78. The predicted octanol–water partition coefficient (Wildman–Crippen LogP) is 3.92. The maximum absolute atomic E-state index is 3.76. The van der Waals surface area contributed by atoms with Gasteiger partial charge in [-0.1, -0.05) is 42.0 Å². The third-order valence-electron chi connectivity index (χ3n) is 4.90. The van der Waals surface area contributed by atoms with E-state index in [2.05, 4.69) is 60.0 Å². The number of benzene rings is 2. The third kappa shape index (κ3) is 2.24. The molecule has 2 N–H and O–H groups in total. The Bertz CT molecular complexity index is 662. The lowest BCUT2D eigenvalue weighted by atomic mass is 9.86. The van der Waals surface area contributed by atoms with Crippen LogP contribution in [0.15, 0.2) is 42.5 Å². The van der Waals surface area contributed by atoms with E-state index < -0.39 is 0 Å². The summed E-state index contributed by atoms with van der Waals surface area (Å²) >= 11 is 0. The molecule has 2 unspecified atom stereocenters. The molecule has 1 fully saturated rings. The standard InChI is InChI=1S/C19H22N2/c1-13-4-2-5-14(12-13)15-6-3-7-18-19(15)16-8-10-20-11-9-17(16)21-18/h2-7,12,16-17,20-21H,8-11H2,1H3. The van der Waals surface area contributed by atoms with Crippen molar-refractivity contribution < 1.29 is 0 Å². The SMILES string of the molecule is Cc1cccc(-c2cccc3c2C2CCNCCC2N3)c1. The van der Waals surface area contributed by atoms with Gasteiger partial charge in [-0.2, -0.15) is 0 Å². The van der Waals surface area contributed by atoms with E-state index in [4.69, 9.17) is 0 Å². The van der Waals surface area contributed by atoms with Gasteiger partial charge in [-0.15, -0.1) is 0 Å². The highest BCUT2D eigenvalue weighted by Gasteiger charge is 2.34. The molecular formula is C19H22N2. The van der Waals surface area contributed by atoms with Gasteiger partial charge in [0.2, 0.25) is 0 Å². The first-order valence-electron chi connectivity index (χ1n) is 8.00. The average Bonchev–Trinajstić information content (AvgIpc) is 2.69. The van der Waals surface area contributed by atoms with Gasteiger partial charge in [0.25, 0.3) is 0 Å². The molecule has 2 heteroatoms. The van der Waals surface area contributed by atoms with Crippen molar-refractivity contribution in [1.29, 1.82) is 0 Å². The highest BCUT2D eigenvalue weighted by Crippen LogP contribution is 2.45. The van der Waals surface area contributed by atoms with Crippen LogP contribution in [0, 0.1) is 6.92 Å². The van der Waals surface area contributed by atoms with E-state index >= 15 is 0 Å². The summed E-state index contributed by atoms with van der Waals surface area (Å²) < 4.78 is 0. The van der Waals surface area contributed by atoms with Gasteiger partial charge in [0.1, 0.15) is 0 Å². The van der Waals surface area contributed by atoms with E-state index in [0.717, 1.165) is 13.1 Å². The largest absolute Gasteiger partial charge is 0.381 e. The van der Waals surface area contributed by atoms with Gasteiger partial charge in [0.05, 0.1) is 0 Å². The van der Waals surface area contributed by atoms with Crippen molar-refractivity contribution in [3.63, 3.8) is 0 Å². The first kappa shape index (κ1) is 12.9. The van der Waals surface area contributed by atoms with Crippen LogP contribution in [-0.2, 0) is 0 Å². The maximum atomic E-state index is 3.76. The summed E-state index contributed by atoms with van der Waals surface area (Å²) in [7, 11) is 0. The van der Waals surface area contributed by atoms with Crippen LogP contribution in [0.2, 0.25) is 0 Å². The molecule has 0 spiro atoms. The lowest BCUT2D eigenvalue weighted by molar-refractivity contribution is 0.579. The molecule has 2 aliphatic rings. The Kier molecular flexibility index (Phi) is 3.19. The fraction of sp³-hybridized carbons (Fsp3) is 0.368. The minimum atomic E-state index is 0.598. The Morgan fingerprint density at radius 3 is 2.76 bits per heavy atom. The van der Waals surface area contributed by atoms with E-state index in [9.17, 15) is 0 Å². The molecular weight excluding hydrogens is 256 g/mol. The van der Waals surface area contributed by atoms with E-state index in [-0.39, 0.29) is 0 Å². The monoisotopic (exact) mass is 278 g/mol. The number of rotatable bonds is 1. The normalized spacial score (nSPS) is 23.9. The Morgan fingerprint density at radius 1 is 1.00 bits per heavy atom.